The SMILES string of the molecule is O=C(CCCc1c[nH]c2ccccc12)N1CC=C(c2ccccc2Cl)CC1. The fraction of sp³-hybridized carbons (Fsp3) is 0.261. The first-order valence-electron chi connectivity index (χ1n) is 9.49. The van der Waals surface area contributed by atoms with Crippen LogP contribution in [0.2, 0.25) is 5.02 Å². The molecule has 4 heteroatoms. The second-order valence-electron chi connectivity index (χ2n) is 7.01. The Morgan fingerprint density at radius 2 is 1.93 bits per heavy atom. The van der Waals surface area contributed by atoms with Crippen molar-refractivity contribution in [3.8, 4) is 0 Å². The zero-order valence-electron chi connectivity index (χ0n) is 15.2. The lowest BCUT2D eigenvalue weighted by Crippen LogP contribution is -2.34. The van der Waals surface area contributed by atoms with Gasteiger partial charge < -0.3 is 9.88 Å². The van der Waals surface area contributed by atoms with Gasteiger partial charge in [0.1, 0.15) is 0 Å². The number of hydrogen-bond donors (Lipinski definition) is 1. The largest absolute Gasteiger partial charge is 0.361 e. The minimum Gasteiger partial charge on any atom is -0.361 e. The van der Waals surface area contributed by atoms with Crippen molar-refractivity contribution in [3.63, 3.8) is 0 Å². The number of aryl methyl sites for hydroxylation is 1. The molecule has 1 N–H and O–H groups in total. The van der Waals surface area contributed by atoms with Gasteiger partial charge in [-0.2, -0.15) is 0 Å². The summed E-state index contributed by atoms with van der Waals surface area (Å²) in [6, 6.07) is 16.2. The van der Waals surface area contributed by atoms with E-state index in [1.165, 1.54) is 16.5 Å². The molecule has 0 bridgehead atoms. The lowest BCUT2D eigenvalue weighted by Gasteiger charge is -2.27. The van der Waals surface area contributed by atoms with E-state index in [1.54, 1.807) is 0 Å². The molecule has 0 saturated heterocycles. The van der Waals surface area contributed by atoms with E-state index in [1.807, 2.05) is 35.2 Å². The Morgan fingerprint density at radius 3 is 2.74 bits per heavy atom. The summed E-state index contributed by atoms with van der Waals surface area (Å²) in [5, 5.41) is 2.04. The quantitative estimate of drug-likeness (QED) is 0.628. The normalized spacial score (nSPS) is 14.4. The van der Waals surface area contributed by atoms with Crippen molar-refractivity contribution in [3.05, 3.63) is 77.0 Å². The van der Waals surface area contributed by atoms with E-state index in [0.29, 0.717) is 13.0 Å². The summed E-state index contributed by atoms with van der Waals surface area (Å²) in [7, 11) is 0. The van der Waals surface area contributed by atoms with Crippen molar-refractivity contribution >= 4 is 34.0 Å². The molecule has 3 nitrogen and oxygen atoms in total. The summed E-state index contributed by atoms with van der Waals surface area (Å²) in [4.78, 5) is 17.8. The third-order valence-corrected chi connectivity index (χ3v) is 5.62. The zero-order chi connectivity index (χ0) is 18.6. The number of aromatic amines is 1. The van der Waals surface area contributed by atoms with E-state index >= 15 is 0 Å². The van der Waals surface area contributed by atoms with Crippen molar-refractivity contribution in [2.24, 2.45) is 0 Å². The first-order chi connectivity index (χ1) is 13.2. The van der Waals surface area contributed by atoms with E-state index < -0.39 is 0 Å². The molecule has 0 spiro atoms. The maximum Gasteiger partial charge on any atom is 0.222 e. The molecule has 27 heavy (non-hydrogen) atoms. The molecule has 0 saturated carbocycles. The maximum absolute atomic E-state index is 12.6. The predicted octanol–water partition coefficient (Wildman–Crippen LogP) is 5.46. The predicted molar refractivity (Wildman–Crippen MR) is 112 cm³/mol. The Balaban J connectivity index is 1.31. The number of aromatic nitrogens is 1. The van der Waals surface area contributed by atoms with E-state index in [4.69, 9.17) is 11.6 Å². The molecule has 1 aliphatic heterocycles. The highest BCUT2D eigenvalue weighted by atomic mass is 35.5. The van der Waals surface area contributed by atoms with Gasteiger partial charge >= 0.3 is 0 Å². The molecule has 2 heterocycles. The molecule has 0 unspecified atom stereocenters. The van der Waals surface area contributed by atoms with E-state index in [9.17, 15) is 4.79 Å². The minimum atomic E-state index is 0.240. The molecular weight excluding hydrogens is 356 g/mol. The fourth-order valence-electron chi connectivity index (χ4n) is 3.79. The van der Waals surface area contributed by atoms with Crippen molar-refractivity contribution in [2.45, 2.75) is 25.7 Å². The summed E-state index contributed by atoms with van der Waals surface area (Å²) < 4.78 is 0. The van der Waals surface area contributed by atoms with E-state index in [0.717, 1.165) is 41.9 Å². The maximum atomic E-state index is 12.6. The number of carbonyl (C=O) groups is 1. The first-order valence-corrected chi connectivity index (χ1v) is 9.87. The van der Waals surface area contributed by atoms with Gasteiger partial charge in [0.2, 0.25) is 5.91 Å². The Labute approximate surface area is 164 Å². The third kappa shape index (κ3) is 3.93. The molecule has 0 radical (unpaired) electrons. The number of H-pyrrole nitrogens is 1. The van der Waals surface area contributed by atoms with Crippen molar-refractivity contribution < 1.29 is 4.79 Å². The van der Waals surface area contributed by atoms with Gasteiger partial charge in [0.05, 0.1) is 0 Å². The Hall–Kier alpha value is -2.52. The van der Waals surface area contributed by atoms with Crippen LogP contribution in [0.3, 0.4) is 0 Å². The van der Waals surface area contributed by atoms with Crippen LogP contribution in [0.5, 0.6) is 0 Å². The van der Waals surface area contributed by atoms with Gasteiger partial charge in [0.15, 0.2) is 0 Å². The van der Waals surface area contributed by atoms with Crippen LogP contribution in [-0.2, 0) is 11.2 Å². The number of amides is 1. The number of para-hydroxylation sites is 1. The van der Waals surface area contributed by atoms with Gasteiger partial charge in [-0.3, -0.25) is 4.79 Å². The molecule has 2 aromatic carbocycles. The molecule has 138 valence electrons. The molecule has 1 aliphatic rings. The number of hydrogen-bond acceptors (Lipinski definition) is 1. The van der Waals surface area contributed by atoms with Gasteiger partial charge in [0, 0.05) is 41.6 Å². The Bertz CT molecular complexity index is 989. The van der Waals surface area contributed by atoms with Crippen molar-refractivity contribution in [1.82, 2.24) is 9.88 Å². The van der Waals surface area contributed by atoms with Crippen LogP contribution < -0.4 is 0 Å². The second kappa shape index (κ2) is 8.01. The number of fused-ring (bicyclic) bond motifs is 1. The van der Waals surface area contributed by atoms with Crippen LogP contribution in [-0.4, -0.2) is 28.9 Å². The summed E-state index contributed by atoms with van der Waals surface area (Å²) >= 11 is 6.29. The molecule has 0 fully saturated rings. The average molecular weight is 379 g/mol. The number of nitrogens with one attached hydrogen (secondary N) is 1. The average Bonchev–Trinajstić information content (AvgIpc) is 3.12. The Morgan fingerprint density at radius 1 is 1.11 bits per heavy atom. The third-order valence-electron chi connectivity index (χ3n) is 5.29. The standard InChI is InChI=1S/C23H23ClN2O/c24-21-9-3-1-7-19(21)17-12-14-26(15-13-17)23(27)11-5-6-18-16-25-22-10-4-2-8-20(18)22/h1-4,7-10,12,16,25H,5-6,11,13-15H2. The summed E-state index contributed by atoms with van der Waals surface area (Å²) in [5.74, 6) is 0.240. The van der Waals surface area contributed by atoms with Gasteiger partial charge in [-0.05, 0) is 48.1 Å². The monoisotopic (exact) mass is 378 g/mol. The zero-order valence-corrected chi connectivity index (χ0v) is 16.0. The van der Waals surface area contributed by atoms with Crippen LogP contribution in [0.25, 0.3) is 16.5 Å². The number of halogens is 1. The summed E-state index contributed by atoms with van der Waals surface area (Å²) in [6.45, 7) is 1.44. The van der Waals surface area contributed by atoms with Crippen LogP contribution >= 0.6 is 11.6 Å². The van der Waals surface area contributed by atoms with Gasteiger partial charge in [-0.15, -0.1) is 0 Å². The minimum absolute atomic E-state index is 0.240. The molecule has 1 aromatic heterocycles. The summed E-state index contributed by atoms with van der Waals surface area (Å²) in [5.41, 5.74) is 4.78. The van der Waals surface area contributed by atoms with Crippen LogP contribution in [0.1, 0.15) is 30.4 Å². The van der Waals surface area contributed by atoms with Crippen LogP contribution in [0.4, 0.5) is 0 Å². The molecule has 3 aromatic rings. The topological polar surface area (TPSA) is 36.1 Å². The fourth-order valence-corrected chi connectivity index (χ4v) is 4.05. The van der Waals surface area contributed by atoms with Crippen LogP contribution in [0, 0.1) is 0 Å². The molecule has 4 rings (SSSR count). The number of benzene rings is 2. The van der Waals surface area contributed by atoms with Crippen LogP contribution in [0.15, 0.2) is 60.8 Å². The highest BCUT2D eigenvalue weighted by Crippen LogP contribution is 2.28. The van der Waals surface area contributed by atoms with E-state index in [-0.39, 0.29) is 5.91 Å². The highest BCUT2D eigenvalue weighted by molar-refractivity contribution is 6.32. The lowest BCUT2D eigenvalue weighted by atomic mass is 9.99. The molecule has 1 amide bonds. The smallest absolute Gasteiger partial charge is 0.222 e. The first kappa shape index (κ1) is 17.9. The number of carbonyl (C=O) groups excluding carboxylic acids is 1. The molecule has 0 aliphatic carbocycles. The van der Waals surface area contributed by atoms with Crippen molar-refractivity contribution in [2.75, 3.05) is 13.1 Å². The number of nitrogens with zero attached hydrogens (tertiary/aromatic N) is 1. The highest BCUT2D eigenvalue weighted by Gasteiger charge is 2.18. The summed E-state index contributed by atoms with van der Waals surface area (Å²) in [6.07, 6.45) is 7.45. The lowest BCUT2D eigenvalue weighted by molar-refractivity contribution is -0.130. The van der Waals surface area contributed by atoms with Gasteiger partial charge in [-0.1, -0.05) is 54.1 Å². The Kier molecular flexibility index (Phi) is 5.30. The molecule has 0 atom stereocenters. The molecular formula is C23H23ClN2O. The van der Waals surface area contributed by atoms with Crippen molar-refractivity contribution in [1.29, 1.82) is 0 Å². The second-order valence-corrected chi connectivity index (χ2v) is 7.42. The number of rotatable bonds is 5. The van der Waals surface area contributed by atoms with Gasteiger partial charge in [-0.25, -0.2) is 0 Å². The van der Waals surface area contributed by atoms with Gasteiger partial charge in [0.25, 0.3) is 0 Å². The van der Waals surface area contributed by atoms with E-state index in [2.05, 4.69) is 35.5 Å².